The standard InChI is InChI=1S/C14H14N2.C11H16/c15-13-7-4-8-14(16)12(13)10-9-11-5-2-1-3-6-11;1-4-10-6-9(3)7-11(5-2)8-10/h1-10H,15-16H2;6-8H,4-5H2,1-3H3. The van der Waals surface area contributed by atoms with E-state index in [1.54, 1.807) is 0 Å². The third-order valence-electron chi connectivity index (χ3n) is 4.43. The predicted molar refractivity (Wildman–Crippen MR) is 121 cm³/mol. The van der Waals surface area contributed by atoms with E-state index in [-0.39, 0.29) is 0 Å². The first-order valence-electron chi connectivity index (χ1n) is 9.50. The van der Waals surface area contributed by atoms with Crippen molar-refractivity contribution in [2.45, 2.75) is 33.6 Å². The fraction of sp³-hybridized carbons (Fsp3) is 0.200. The lowest BCUT2D eigenvalue weighted by atomic mass is 10.0. The topological polar surface area (TPSA) is 52.0 Å². The van der Waals surface area contributed by atoms with Crippen molar-refractivity contribution in [1.29, 1.82) is 0 Å². The molecule has 0 saturated carbocycles. The molecule has 3 aromatic carbocycles. The van der Waals surface area contributed by atoms with Gasteiger partial charge in [0.1, 0.15) is 0 Å². The van der Waals surface area contributed by atoms with Crippen molar-refractivity contribution >= 4 is 23.5 Å². The Morgan fingerprint density at radius 2 is 1.26 bits per heavy atom. The summed E-state index contributed by atoms with van der Waals surface area (Å²) in [4.78, 5) is 0. The van der Waals surface area contributed by atoms with Gasteiger partial charge in [0.15, 0.2) is 0 Å². The summed E-state index contributed by atoms with van der Waals surface area (Å²) in [6, 6.07) is 22.4. The van der Waals surface area contributed by atoms with Crippen LogP contribution in [0.1, 0.15) is 41.7 Å². The molecule has 0 radical (unpaired) electrons. The van der Waals surface area contributed by atoms with Crippen molar-refractivity contribution in [3.05, 3.63) is 94.5 Å². The highest BCUT2D eigenvalue weighted by Crippen LogP contribution is 2.21. The van der Waals surface area contributed by atoms with Gasteiger partial charge in [-0.15, -0.1) is 0 Å². The minimum atomic E-state index is 0.701. The van der Waals surface area contributed by atoms with Crippen LogP contribution >= 0.6 is 0 Å². The van der Waals surface area contributed by atoms with Crippen molar-refractivity contribution in [2.75, 3.05) is 11.5 Å². The third-order valence-corrected chi connectivity index (χ3v) is 4.43. The molecule has 0 heterocycles. The SMILES string of the molecule is CCc1cc(C)cc(CC)c1.Nc1cccc(N)c1C=Cc1ccccc1. The molecule has 0 fully saturated rings. The van der Waals surface area contributed by atoms with Crippen molar-refractivity contribution in [3.8, 4) is 0 Å². The first-order chi connectivity index (χ1) is 13.0. The Labute approximate surface area is 163 Å². The molecule has 0 aliphatic heterocycles. The van der Waals surface area contributed by atoms with Crippen LogP contribution in [0.2, 0.25) is 0 Å². The number of hydrogen-bond donors (Lipinski definition) is 2. The maximum atomic E-state index is 5.85. The predicted octanol–water partition coefficient (Wildman–Crippen LogP) is 6.14. The summed E-state index contributed by atoms with van der Waals surface area (Å²) < 4.78 is 0. The molecule has 2 heteroatoms. The molecule has 140 valence electrons. The second kappa shape index (κ2) is 10.2. The third kappa shape index (κ3) is 6.34. The van der Waals surface area contributed by atoms with Gasteiger partial charge in [-0.1, -0.05) is 86.2 Å². The summed E-state index contributed by atoms with van der Waals surface area (Å²) in [5.74, 6) is 0. The van der Waals surface area contributed by atoms with Crippen molar-refractivity contribution in [1.82, 2.24) is 0 Å². The van der Waals surface area contributed by atoms with Crippen LogP contribution in [0.3, 0.4) is 0 Å². The number of benzene rings is 3. The van der Waals surface area contributed by atoms with Crippen LogP contribution in [0.5, 0.6) is 0 Å². The number of hydrogen-bond acceptors (Lipinski definition) is 2. The number of nitrogens with two attached hydrogens (primary N) is 2. The van der Waals surface area contributed by atoms with E-state index in [0.29, 0.717) is 11.4 Å². The summed E-state index contributed by atoms with van der Waals surface area (Å²) in [6.45, 7) is 6.57. The van der Waals surface area contributed by atoms with E-state index < -0.39 is 0 Å². The fourth-order valence-electron chi connectivity index (χ4n) is 2.89. The highest BCUT2D eigenvalue weighted by atomic mass is 14.6. The minimum Gasteiger partial charge on any atom is -0.398 e. The van der Waals surface area contributed by atoms with Crippen LogP contribution in [-0.4, -0.2) is 0 Å². The van der Waals surface area contributed by atoms with Crippen LogP contribution in [0.15, 0.2) is 66.7 Å². The van der Waals surface area contributed by atoms with Gasteiger partial charge in [0.2, 0.25) is 0 Å². The smallest absolute Gasteiger partial charge is 0.0408 e. The largest absolute Gasteiger partial charge is 0.398 e. The summed E-state index contributed by atoms with van der Waals surface area (Å²) in [5.41, 5.74) is 19.4. The average Bonchev–Trinajstić information content (AvgIpc) is 2.68. The first-order valence-corrected chi connectivity index (χ1v) is 9.50. The molecule has 4 N–H and O–H groups in total. The lowest BCUT2D eigenvalue weighted by Crippen LogP contribution is -1.94. The van der Waals surface area contributed by atoms with Gasteiger partial charge in [0.25, 0.3) is 0 Å². The van der Waals surface area contributed by atoms with Crippen LogP contribution in [0.4, 0.5) is 11.4 Å². The lowest BCUT2D eigenvalue weighted by molar-refractivity contribution is 1.08. The minimum absolute atomic E-state index is 0.701. The second-order valence-corrected chi connectivity index (χ2v) is 6.63. The van der Waals surface area contributed by atoms with Gasteiger partial charge in [0.05, 0.1) is 0 Å². The Kier molecular flexibility index (Phi) is 7.69. The van der Waals surface area contributed by atoms with Gasteiger partial charge >= 0.3 is 0 Å². The molecule has 3 aromatic rings. The summed E-state index contributed by atoms with van der Waals surface area (Å²) >= 11 is 0. The van der Waals surface area contributed by atoms with Crippen LogP contribution < -0.4 is 11.5 Å². The Hall–Kier alpha value is -3.00. The zero-order valence-electron chi connectivity index (χ0n) is 16.6. The molecule has 0 aliphatic rings. The molecule has 0 spiro atoms. The molecule has 0 aliphatic carbocycles. The van der Waals surface area contributed by atoms with Gasteiger partial charge in [-0.3, -0.25) is 0 Å². The molecule has 0 aromatic heterocycles. The number of aryl methyl sites for hydroxylation is 3. The van der Waals surface area contributed by atoms with Crippen molar-refractivity contribution in [2.24, 2.45) is 0 Å². The Balaban J connectivity index is 0.000000208. The Bertz CT molecular complexity index is 838. The van der Waals surface area contributed by atoms with E-state index in [1.807, 2.05) is 60.7 Å². The Morgan fingerprint density at radius 1 is 0.704 bits per heavy atom. The molecule has 2 nitrogen and oxygen atoms in total. The quantitative estimate of drug-likeness (QED) is 0.434. The molecular formula is C25H30N2. The van der Waals surface area contributed by atoms with E-state index >= 15 is 0 Å². The highest BCUT2D eigenvalue weighted by Gasteiger charge is 1.98. The van der Waals surface area contributed by atoms with Gasteiger partial charge in [-0.2, -0.15) is 0 Å². The normalized spacial score (nSPS) is 10.5. The number of anilines is 2. The molecule has 27 heavy (non-hydrogen) atoms. The van der Waals surface area contributed by atoms with Gasteiger partial charge in [-0.25, -0.2) is 0 Å². The molecule has 3 rings (SSSR count). The zero-order valence-corrected chi connectivity index (χ0v) is 16.6. The monoisotopic (exact) mass is 358 g/mol. The highest BCUT2D eigenvalue weighted by molar-refractivity contribution is 5.82. The van der Waals surface area contributed by atoms with Crippen LogP contribution in [-0.2, 0) is 12.8 Å². The van der Waals surface area contributed by atoms with Gasteiger partial charge < -0.3 is 11.5 Å². The second-order valence-electron chi connectivity index (χ2n) is 6.63. The van der Waals surface area contributed by atoms with Crippen LogP contribution in [0, 0.1) is 6.92 Å². The van der Waals surface area contributed by atoms with E-state index in [9.17, 15) is 0 Å². The van der Waals surface area contributed by atoms with E-state index in [1.165, 1.54) is 16.7 Å². The summed E-state index contributed by atoms with van der Waals surface area (Å²) in [6.07, 6.45) is 6.24. The van der Waals surface area contributed by atoms with Crippen molar-refractivity contribution in [3.63, 3.8) is 0 Å². The summed E-state index contributed by atoms with van der Waals surface area (Å²) in [7, 11) is 0. The molecule has 0 unspecified atom stereocenters. The summed E-state index contributed by atoms with van der Waals surface area (Å²) in [5, 5.41) is 0. The number of rotatable bonds is 4. The maximum Gasteiger partial charge on any atom is 0.0408 e. The fourth-order valence-corrected chi connectivity index (χ4v) is 2.89. The lowest BCUT2D eigenvalue weighted by Gasteiger charge is -2.03. The molecular weight excluding hydrogens is 328 g/mol. The van der Waals surface area contributed by atoms with Gasteiger partial charge in [-0.05, 0) is 48.6 Å². The van der Waals surface area contributed by atoms with E-state index in [2.05, 4.69) is 39.0 Å². The van der Waals surface area contributed by atoms with Crippen LogP contribution in [0.25, 0.3) is 12.2 Å². The van der Waals surface area contributed by atoms with Gasteiger partial charge in [0, 0.05) is 16.9 Å². The maximum absolute atomic E-state index is 5.85. The van der Waals surface area contributed by atoms with E-state index in [4.69, 9.17) is 11.5 Å². The first kappa shape index (κ1) is 20.3. The average molecular weight is 359 g/mol. The zero-order chi connectivity index (χ0) is 19.6. The van der Waals surface area contributed by atoms with Crippen molar-refractivity contribution < 1.29 is 0 Å². The Morgan fingerprint density at radius 3 is 1.78 bits per heavy atom. The molecule has 0 amide bonds. The molecule has 0 atom stereocenters. The molecule has 0 saturated heterocycles. The number of nitrogen functional groups attached to an aromatic ring is 2. The molecule has 0 bridgehead atoms. The van der Waals surface area contributed by atoms with E-state index in [0.717, 1.165) is 24.0 Å².